The highest BCUT2D eigenvalue weighted by molar-refractivity contribution is 7.91. The van der Waals surface area contributed by atoms with E-state index >= 15 is 0 Å². The zero-order chi connectivity index (χ0) is 12.3. The number of ether oxygens (including phenoxy) is 1. The van der Waals surface area contributed by atoms with Crippen molar-refractivity contribution in [1.82, 2.24) is 0 Å². The molecule has 6 nitrogen and oxygen atoms in total. The number of methoxy groups -OCH3 is 1. The van der Waals surface area contributed by atoms with Crippen LogP contribution in [0.15, 0.2) is 23.1 Å². The first-order valence-corrected chi connectivity index (χ1v) is 6.12. The molecule has 0 spiro atoms. The molecular formula is C9H11NO5S. The molecule has 0 unspecified atom stereocenters. The third kappa shape index (κ3) is 2.30. The van der Waals surface area contributed by atoms with E-state index in [0.717, 1.165) is 6.07 Å². The Hall–Kier alpha value is -1.63. The number of nitro groups is 1. The van der Waals surface area contributed by atoms with Gasteiger partial charge in [-0.25, -0.2) is 8.42 Å². The fourth-order valence-corrected chi connectivity index (χ4v) is 2.22. The van der Waals surface area contributed by atoms with Crippen LogP contribution in [0.4, 0.5) is 5.69 Å². The van der Waals surface area contributed by atoms with E-state index in [4.69, 9.17) is 4.74 Å². The average Bonchev–Trinajstić information content (AvgIpc) is 2.28. The fourth-order valence-electron chi connectivity index (χ4n) is 1.19. The zero-order valence-electron chi connectivity index (χ0n) is 8.84. The minimum absolute atomic E-state index is 0.180. The number of nitrogens with zero attached hydrogens (tertiary/aromatic N) is 1. The Balaban J connectivity index is 3.46. The number of hydrogen-bond donors (Lipinski definition) is 0. The minimum Gasteiger partial charge on any atom is -0.497 e. The Bertz CT molecular complexity index is 509. The summed E-state index contributed by atoms with van der Waals surface area (Å²) in [4.78, 5) is 9.73. The quantitative estimate of drug-likeness (QED) is 0.591. The van der Waals surface area contributed by atoms with Crippen molar-refractivity contribution in [2.45, 2.75) is 11.8 Å². The second kappa shape index (κ2) is 4.48. The van der Waals surface area contributed by atoms with Gasteiger partial charge in [0.15, 0.2) is 9.84 Å². The lowest BCUT2D eigenvalue weighted by Gasteiger charge is -2.04. The monoisotopic (exact) mass is 245 g/mol. The molecule has 0 heterocycles. The SMILES string of the molecule is CCS(=O)(=O)c1ccc(OC)cc1[N+](=O)[O-]. The molecule has 7 heteroatoms. The van der Waals surface area contributed by atoms with Crippen molar-refractivity contribution in [2.75, 3.05) is 12.9 Å². The predicted molar refractivity (Wildman–Crippen MR) is 57.4 cm³/mol. The van der Waals surface area contributed by atoms with E-state index < -0.39 is 20.4 Å². The highest BCUT2D eigenvalue weighted by Gasteiger charge is 2.24. The number of nitro benzene ring substituents is 1. The molecule has 0 bridgehead atoms. The van der Waals surface area contributed by atoms with E-state index in [1.54, 1.807) is 0 Å². The molecule has 0 aliphatic heterocycles. The maximum Gasteiger partial charge on any atom is 0.291 e. The van der Waals surface area contributed by atoms with E-state index in [-0.39, 0.29) is 16.4 Å². The fraction of sp³-hybridized carbons (Fsp3) is 0.333. The molecule has 88 valence electrons. The first kappa shape index (κ1) is 12.4. The summed E-state index contributed by atoms with van der Waals surface area (Å²) >= 11 is 0. The Morgan fingerprint density at radius 3 is 2.50 bits per heavy atom. The lowest BCUT2D eigenvalue weighted by atomic mass is 10.3. The van der Waals surface area contributed by atoms with Gasteiger partial charge in [-0.2, -0.15) is 0 Å². The molecule has 0 saturated heterocycles. The van der Waals surface area contributed by atoms with Crippen molar-refractivity contribution >= 4 is 15.5 Å². The maximum atomic E-state index is 11.6. The summed E-state index contributed by atoms with van der Waals surface area (Å²) in [5.41, 5.74) is -0.457. The third-order valence-electron chi connectivity index (χ3n) is 2.08. The molecule has 0 saturated carbocycles. The van der Waals surface area contributed by atoms with Gasteiger partial charge < -0.3 is 4.74 Å². The number of sulfone groups is 1. The molecule has 1 aromatic carbocycles. The maximum absolute atomic E-state index is 11.6. The molecule has 0 aromatic heterocycles. The van der Waals surface area contributed by atoms with Crippen LogP contribution in [-0.2, 0) is 9.84 Å². The first-order chi connectivity index (χ1) is 7.42. The third-order valence-corrected chi connectivity index (χ3v) is 3.85. The van der Waals surface area contributed by atoms with Crippen LogP contribution in [0.5, 0.6) is 5.75 Å². The van der Waals surface area contributed by atoms with Crippen LogP contribution in [-0.4, -0.2) is 26.2 Å². The number of rotatable bonds is 4. The van der Waals surface area contributed by atoms with Crippen LogP contribution in [0.1, 0.15) is 6.92 Å². The van der Waals surface area contributed by atoms with E-state index in [1.807, 2.05) is 0 Å². The Morgan fingerprint density at radius 2 is 2.06 bits per heavy atom. The van der Waals surface area contributed by atoms with E-state index in [9.17, 15) is 18.5 Å². The number of benzene rings is 1. The summed E-state index contributed by atoms with van der Waals surface area (Å²) in [7, 11) is -2.24. The molecule has 1 aromatic rings. The molecule has 1 rings (SSSR count). The smallest absolute Gasteiger partial charge is 0.291 e. The molecule has 0 amide bonds. The van der Waals surface area contributed by atoms with Crippen LogP contribution in [0.2, 0.25) is 0 Å². The van der Waals surface area contributed by atoms with E-state index in [2.05, 4.69) is 0 Å². The van der Waals surface area contributed by atoms with Crippen molar-refractivity contribution < 1.29 is 18.1 Å². The second-order valence-corrected chi connectivity index (χ2v) is 5.24. The average molecular weight is 245 g/mol. The van der Waals surface area contributed by atoms with Crippen LogP contribution in [0, 0.1) is 10.1 Å². The van der Waals surface area contributed by atoms with Gasteiger partial charge in [0, 0.05) is 0 Å². The van der Waals surface area contributed by atoms with Gasteiger partial charge in [-0.3, -0.25) is 10.1 Å². The topological polar surface area (TPSA) is 86.5 Å². The second-order valence-electron chi connectivity index (χ2n) is 2.99. The van der Waals surface area contributed by atoms with Gasteiger partial charge in [0.05, 0.1) is 23.9 Å². The Labute approximate surface area is 92.9 Å². The lowest BCUT2D eigenvalue weighted by molar-refractivity contribution is -0.387. The molecule has 0 aliphatic rings. The Morgan fingerprint density at radius 1 is 1.44 bits per heavy atom. The van der Waals surface area contributed by atoms with Crippen LogP contribution < -0.4 is 4.74 Å². The highest BCUT2D eigenvalue weighted by Crippen LogP contribution is 2.28. The summed E-state index contributed by atoms with van der Waals surface area (Å²) in [5.74, 6) is 0.0712. The minimum atomic E-state index is -3.60. The van der Waals surface area contributed by atoms with Crippen molar-refractivity contribution in [3.05, 3.63) is 28.3 Å². The number of hydrogen-bond acceptors (Lipinski definition) is 5. The predicted octanol–water partition coefficient (Wildman–Crippen LogP) is 1.40. The summed E-state index contributed by atoms with van der Waals surface area (Å²) in [6.45, 7) is 1.43. The van der Waals surface area contributed by atoms with Gasteiger partial charge in [-0.05, 0) is 12.1 Å². The van der Waals surface area contributed by atoms with Crippen molar-refractivity contribution in [2.24, 2.45) is 0 Å². The first-order valence-electron chi connectivity index (χ1n) is 4.47. The van der Waals surface area contributed by atoms with Gasteiger partial charge in [-0.15, -0.1) is 0 Å². The standard InChI is InChI=1S/C9H11NO5S/c1-3-16(13,14)9-5-4-7(15-2)6-8(9)10(11)12/h4-6H,3H2,1-2H3. The van der Waals surface area contributed by atoms with Gasteiger partial charge in [-0.1, -0.05) is 6.92 Å². The van der Waals surface area contributed by atoms with Crippen molar-refractivity contribution in [3.8, 4) is 5.75 Å². The molecule has 16 heavy (non-hydrogen) atoms. The highest BCUT2D eigenvalue weighted by atomic mass is 32.2. The normalized spacial score (nSPS) is 11.1. The van der Waals surface area contributed by atoms with E-state index in [1.165, 1.54) is 26.2 Å². The molecule has 0 atom stereocenters. The molecule has 0 aliphatic carbocycles. The van der Waals surface area contributed by atoms with Crippen LogP contribution >= 0.6 is 0 Å². The summed E-state index contributed by atoms with van der Waals surface area (Å²) in [6, 6.07) is 3.67. The van der Waals surface area contributed by atoms with Crippen molar-refractivity contribution in [3.63, 3.8) is 0 Å². The van der Waals surface area contributed by atoms with Crippen LogP contribution in [0.3, 0.4) is 0 Å². The molecule has 0 N–H and O–H groups in total. The van der Waals surface area contributed by atoms with Gasteiger partial charge in [0.25, 0.3) is 5.69 Å². The summed E-state index contributed by atoms with van der Waals surface area (Å²) in [5, 5.41) is 10.7. The molecular weight excluding hydrogens is 234 g/mol. The van der Waals surface area contributed by atoms with Crippen molar-refractivity contribution in [1.29, 1.82) is 0 Å². The Kier molecular flexibility index (Phi) is 3.48. The summed E-state index contributed by atoms with van der Waals surface area (Å²) < 4.78 is 28.0. The lowest BCUT2D eigenvalue weighted by Crippen LogP contribution is -2.07. The van der Waals surface area contributed by atoms with Crippen LogP contribution in [0.25, 0.3) is 0 Å². The molecule has 0 fully saturated rings. The largest absolute Gasteiger partial charge is 0.497 e. The van der Waals surface area contributed by atoms with Gasteiger partial charge in [0.2, 0.25) is 0 Å². The molecule has 0 radical (unpaired) electrons. The van der Waals surface area contributed by atoms with Gasteiger partial charge >= 0.3 is 0 Å². The van der Waals surface area contributed by atoms with E-state index in [0.29, 0.717) is 0 Å². The summed E-state index contributed by atoms with van der Waals surface area (Å²) in [6.07, 6.45) is 0. The van der Waals surface area contributed by atoms with Gasteiger partial charge in [0.1, 0.15) is 10.6 Å². The zero-order valence-corrected chi connectivity index (χ0v) is 9.65.